The summed E-state index contributed by atoms with van der Waals surface area (Å²) in [6, 6.07) is 11.5. The zero-order valence-electron chi connectivity index (χ0n) is 14.4. The van der Waals surface area contributed by atoms with E-state index in [9.17, 15) is 9.59 Å². The average molecular weight is 341 g/mol. The number of nitrogens with one attached hydrogen (secondary N) is 2. The third kappa shape index (κ3) is 3.58. The van der Waals surface area contributed by atoms with Crippen LogP contribution in [0.25, 0.3) is 0 Å². The number of primary amides is 1. The fourth-order valence-electron chi connectivity index (χ4n) is 3.09. The zero-order chi connectivity index (χ0) is 18.0. The number of ether oxygens (including phenoxy) is 1. The van der Waals surface area contributed by atoms with Gasteiger partial charge in [-0.05, 0) is 18.1 Å². The second kappa shape index (κ2) is 6.72. The van der Waals surface area contributed by atoms with E-state index in [2.05, 4.69) is 24.1 Å². The molecule has 1 fully saturated rings. The molecule has 2 amide bonds. The molecular formula is C19H23N3O3. The van der Waals surface area contributed by atoms with Gasteiger partial charge >= 0.3 is 0 Å². The van der Waals surface area contributed by atoms with Crippen molar-refractivity contribution in [2.45, 2.75) is 39.0 Å². The highest BCUT2D eigenvalue weighted by Crippen LogP contribution is 2.43. The molecule has 1 aliphatic carbocycles. The van der Waals surface area contributed by atoms with E-state index in [0.29, 0.717) is 17.9 Å². The van der Waals surface area contributed by atoms with Crippen LogP contribution in [0, 0.1) is 5.41 Å². The van der Waals surface area contributed by atoms with Crippen molar-refractivity contribution in [3.63, 3.8) is 0 Å². The Hall–Kier alpha value is -2.60. The molecule has 0 aliphatic heterocycles. The van der Waals surface area contributed by atoms with Crippen molar-refractivity contribution in [3.8, 4) is 0 Å². The standard InChI is InChI=1S/C19H23N3O3/c1-19(2)15(9-16(19)25-11-12-6-4-3-5-7-12)22-18(24)14-8-13(10-21-14)17(20)23/h3-8,10,15-16,21H,9,11H2,1-2H3,(H2,20,23)(H,22,24)/t15-,16-/m0/s1. The lowest BCUT2D eigenvalue weighted by molar-refractivity contribution is -0.122. The van der Waals surface area contributed by atoms with Gasteiger partial charge in [-0.15, -0.1) is 0 Å². The van der Waals surface area contributed by atoms with Crippen LogP contribution in [-0.2, 0) is 11.3 Å². The summed E-state index contributed by atoms with van der Waals surface area (Å²) in [5.74, 6) is -0.805. The molecule has 1 heterocycles. The molecule has 0 unspecified atom stereocenters. The molecule has 0 saturated heterocycles. The van der Waals surface area contributed by atoms with Gasteiger partial charge < -0.3 is 20.8 Å². The highest BCUT2D eigenvalue weighted by atomic mass is 16.5. The third-order valence-corrected chi connectivity index (χ3v) is 4.99. The molecule has 1 aromatic heterocycles. The maximum absolute atomic E-state index is 12.3. The van der Waals surface area contributed by atoms with E-state index in [1.54, 1.807) is 0 Å². The van der Waals surface area contributed by atoms with Gasteiger partial charge in [-0.1, -0.05) is 44.2 Å². The van der Waals surface area contributed by atoms with Gasteiger partial charge in [0.1, 0.15) is 5.69 Å². The van der Waals surface area contributed by atoms with Crippen LogP contribution in [0.15, 0.2) is 42.6 Å². The number of aromatic nitrogens is 1. The summed E-state index contributed by atoms with van der Waals surface area (Å²) in [4.78, 5) is 26.2. The van der Waals surface area contributed by atoms with Crippen molar-refractivity contribution in [3.05, 3.63) is 59.4 Å². The second-order valence-corrected chi connectivity index (χ2v) is 7.03. The Balaban J connectivity index is 1.54. The van der Waals surface area contributed by atoms with Crippen LogP contribution in [0.3, 0.4) is 0 Å². The smallest absolute Gasteiger partial charge is 0.267 e. The SMILES string of the molecule is CC1(C)[C@@H](NC(=O)c2cc(C(N)=O)c[nH]2)C[C@@H]1OCc1ccccc1. The molecule has 0 spiro atoms. The van der Waals surface area contributed by atoms with Gasteiger partial charge in [0.15, 0.2) is 0 Å². The van der Waals surface area contributed by atoms with E-state index in [1.807, 2.05) is 30.3 Å². The normalized spacial score (nSPS) is 21.4. The van der Waals surface area contributed by atoms with Gasteiger partial charge in [0.2, 0.25) is 5.91 Å². The van der Waals surface area contributed by atoms with Gasteiger partial charge in [0.05, 0.1) is 18.3 Å². The number of carbonyl (C=O) groups is 2. The lowest BCUT2D eigenvalue weighted by Gasteiger charge is -2.51. The minimum Gasteiger partial charge on any atom is -0.373 e. The molecule has 4 N–H and O–H groups in total. The summed E-state index contributed by atoms with van der Waals surface area (Å²) in [5, 5.41) is 3.00. The van der Waals surface area contributed by atoms with E-state index in [0.717, 1.165) is 12.0 Å². The highest BCUT2D eigenvalue weighted by Gasteiger charge is 2.49. The predicted octanol–water partition coefficient (Wildman–Crippen LogP) is 2.23. The molecule has 0 radical (unpaired) electrons. The summed E-state index contributed by atoms with van der Waals surface area (Å²) in [7, 11) is 0. The maximum atomic E-state index is 12.3. The summed E-state index contributed by atoms with van der Waals surface area (Å²) in [6.45, 7) is 4.73. The summed E-state index contributed by atoms with van der Waals surface area (Å²) >= 11 is 0. The van der Waals surface area contributed by atoms with Gasteiger partial charge in [-0.2, -0.15) is 0 Å². The number of carbonyl (C=O) groups excluding carboxylic acids is 2. The van der Waals surface area contributed by atoms with E-state index in [1.165, 1.54) is 12.3 Å². The lowest BCUT2D eigenvalue weighted by atomic mass is 9.64. The quantitative estimate of drug-likeness (QED) is 0.751. The largest absolute Gasteiger partial charge is 0.373 e. The van der Waals surface area contributed by atoms with E-state index >= 15 is 0 Å². The van der Waals surface area contributed by atoms with Crippen LogP contribution in [-0.4, -0.2) is 28.9 Å². The van der Waals surface area contributed by atoms with Gasteiger partial charge in [0.25, 0.3) is 5.91 Å². The number of nitrogens with two attached hydrogens (primary N) is 1. The number of rotatable bonds is 6. The van der Waals surface area contributed by atoms with Crippen molar-refractivity contribution in [1.82, 2.24) is 10.3 Å². The van der Waals surface area contributed by atoms with E-state index in [-0.39, 0.29) is 23.5 Å². The zero-order valence-corrected chi connectivity index (χ0v) is 14.4. The van der Waals surface area contributed by atoms with Crippen molar-refractivity contribution in [2.24, 2.45) is 11.1 Å². The fourth-order valence-corrected chi connectivity index (χ4v) is 3.09. The van der Waals surface area contributed by atoms with Gasteiger partial charge in [-0.3, -0.25) is 9.59 Å². The predicted molar refractivity (Wildman–Crippen MR) is 94.0 cm³/mol. The minimum absolute atomic E-state index is 0.0149. The van der Waals surface area contributed by atoms with Crippen LogP contribution >= 0.6 is 0 Å². The fraction of sp³-hybridized carbons (Fsp3) is 0.368. The molecule has 6 heteroatoms. The summed E-state index contributed by atoms with van der Waals surface area (Å²) in [6.07, 6.45) is 2.28. The number of H-pyrrole nitrogens is 1. The Morgan fingerprint density at radius 1 is 1.32 bits per heavy atom. The molecule has 25 heavy (non-hydrogen) atoms. The van der Waals surface area contributed by atoms with E-state index < -0.39 is 5.91 Å². The summed E-state index contributed by atoms with van der Waals surface area (Å²) < 4.78 is 6.01. The van der Waals surface area contributed by atoms with Crippen LogP contribution in [0.1, 0.15) is 46.7 Å². The van der Waals surface area contributed by atoms with Gasteiger partial charge in [0, 0.05) is 17.7 Å². The first kappa shape index (κ1) is 17.2. The Morgan fingerprint density at radius 3 is 2.64 bits per heavy atom. The number of aromatic amines is 1. The molecule has 132 valence electrons. The van der Waals surface area contributed by atoms with Gasteiger partial charge in [-0.25, -0.2) is 0 Å². The Kier molecular flexibility index (Phi) is 4.63. The first-order valence-electron chi connectivity index (χ1n) is 8.32. The Morgan fingerprint density at radius 2 is 2.04 bits per heavy atom. The molecule has 6 nitrogen and oxygen atoms in total. The van der Waals surface area contributed by atoms with Crippen LogP contribution < -0.4 is 11.1 Å². The topological polar surface area (TPSA) is 97.2 Å². The Bertz CT molecular complexity index is 767. The first-order valence-corrected chi connectivity index (χ1v) is 8.32. The molecule has 2 atom stereocenters. The number of hydrogen-bond acceptors (Lipinski definition) is 3. The van der Waals surface area contributed by atoms with Crippen molar-refractivity contribution in [2.75, 3.05) is 0 Å². The van der Waals surface area contributed by atoms with Crippen LogP contribution in [0.5, 0.6) is 0 Å². The minimum atomic E-state index is -0.561. The second-order valence-electron chi connectivity index (χ2n) is 7.03. The number of hydrogen-bond donors (Lipinski definition) is 3. The van der Waals surface area contributed by atoms with Crippen LogP contribution in [0.4, 0.5) is 0 Å². The van der Waals surface area contributed by atoms with Crippen LogP contribution in [0.2, 0.25) is 0 Å². The molecule has 1 aromatic carbocycles. The molecule has 1 aliphatic rings. The molecule has 1 saturated carbocycles. The first-order chi connectivity index (χ1) is 11.9. The monoisotopic (exact) mass is 341 g/mol. The van der Waals surface area contributed by atoms with Crippen molar-refractivity contribution >= 4 is 11.8 Å². The Labute approximate surface area is 146 Å². The molecule has 2 aromatic rings. The molecule has 0 bridgehead atoms. The maximum Gasteiger partial charge on any atom is 0.267 e. The van der Waals surface area contributed by atoms with Crippen molar-refractivity contribution < 1.29 is 14.3 Å². The molecular weight excluding hydrogens is 318 g/mol. The highest BCUT2D eigenvalue weighted by molar-refractivity contribution is 5.98. The number of benzene rings is 1. The molecule has 3 rings (SSSR count). The lowest BCUT2D eigenvalue weighted by Crippen LogP contribution is -2.62. The van der Waals surface area contributed by atoms with Crippen molar-refractivity contribution in [1.29, 1.82) is 0 Å². The third-order valence-electron chi connectivity index (χ3n) is 4.99. The summed E-state index contributed by atoms with van der Waals surface area (Å²) in [5.41, 5.74) is 6.80. The number of amides is 2. The average Bonchev–Trinajstić information content (AvgIpc) is 3.08. The van der Waals surface area contributed by atoms with E-state index in [4.69, 9.17) is 10.5 Å².